The summed E-state index contributed by atoms with van der Waals surface area (Å²) in [5, 5.41) is 2.89. The zero-order valence-corrected chi connectivity index (χ0v) is 10.2. The molecular weight excluding hydrogens is 202 g/mol. The van der Waals surface area contributed by atoms with Crippen LogP contribution in [0.4, 0.5) is 0 Å². The van der Waals surface area contributed by atoms with Gasteiger partial charge in [-0.2, -0.15) is 0 Å². The highest BCUT2D eigenvalue weighted by Crippen LogP contribution is 2.09. The quantitative estimate of drug-likeness (QED) is 0.657. The normalized spacial score (nSPS) is 18.1. The van der Waals surface area contributed by atoms with Crippen LogP contribution in [-0.4, -0.2) is 43.5 Å². The van der Waals surface area contributed by atoms with E-state index in [4.69, 9.17) is 5.73 Å². The molecule has 0 aromatic rings. The van der Waals surface area contributed by atoms with Gasteiger partial charge in [0.05, 0.1) is 0 Å². The highest BCUT2D eigenvalue weighted by Gasteiger charge is 2.08. The van der Waals surface area contributed by atoms with Gasteiger partial charge in [0.2, 0.25) is 5.91 Å². The van der Waals surface area contributed by atoms with Crippen molar-refractivity contribution >= 4 is 5.91 Å². The second-order valence-corrected chi connectivity index (χ2v) is 4.50. The van der Waals surface area contributed by atoms with E-state index in [2.05, 4.69) is 10.2 Å². The first-order valence-corrected chi connectivity index (χ1v) is 6.52. The molecule has 3 N–H and O–H groups in total. The number of likely N-dealkylation sites (tertiary alicyclic amines) is 1. The van der Waals surface area contributed by atoms with Crippen LogP contribution in [-0.2, 0) is 4.79 Å². The van der Waals surface area contributed by atoms with E-state index in [0.717, 1.165) is 19.5 Å². The second kappa shape index (κ2) is 8.53. The van der Waals surface area contributed by atoms with Crippen molar-refractivity contribution in [3.63, 3.8) is 0 Å². The van der Waals surface area contributed by atoms with Crippen LogP contribution in [0.15, 0.2) is 0 Å². The van der Waals surface area contributed by atoms with E-state index >= 15 is 0 Å². The molecule has 0 aromatic carbocycles. The number of amides is 1. The number of nitrogens with zero attached hydrogens (tertiary/aromatic N) is 1. The third kappa shape index (κ3) is 6.08. The van der Waals surface area contributed by atoms with Crippen LogP contribution < -0.4 is 11.1 Å². The summed E-state index contributed by atoms with van der Waals surface area (Å²) < 4.78 is 0. The molecular formula is C12H25N3O. The van der Waals surface area contributed by atoms with Gasteiger partial charge in [-0.3, -0.25) is 4.79 Å². The van der Waals surface area contributed by atoms with Crippen molar-refractivity contribution < 1.29 is 4.79 Å². The summed E-state index contributed by atoms with van der Waals surface area (Å²) >= 11 is 0. The van der Waals surface area contributed by atoms with Crippen LogP contribution >= 0.6 is 0 Å². The van der Waals surface area contributed by atoms with Gasteiger partial charge in [0.15, 0.2) is 0 Å². The molecule has 1 rings (SSSR count). The van der Waals surface area contributed by atoms with Crippen molar-refractivity contribution in [2.75, 3.05) is 32.7 Å². The van der Waals surface area contributed by atoms with Crippen molar-refractivity contribution in [1.82, 2.24) is 10.2 Å². The van der Waals surface area contributed by atoms with E-state index < -0.39 is 0 Å². The highest BCUT2D eigenvalue weighted by atomic mass is 16.1. The molecule has 16 heavy (non-hydrogen) atoms. The van der Waals surface area contributed by atoms with Crippen LogP contribution in [0.1, 0.15) is 38.5 Å². The number of carbonyl (C=O) groups is 1. The molecule has 0 aromatic heterocycles. The Morgan fingerprint density at radius 2 is 1.88 bits per heavy atom. The Labute approximate surface area is 98.6 Å². The van der Waals surface area contributed by atoms with Gasteiger partial charge in [-0.1, -0.05) is 12.8 Å². The first-order chi connectivity index (χ1) is 7.83. The van der Waals surface area contributed by atoms with E-state index in [0.29, 0.717) is 13.0 Å². The minimum atomic E-state index is 0.0818. The molecule has 1 heterocycles. The molecule has 1 aliphatic heterocycles. The summed E-state index contributed by atoms with van der Waals surface area (Å²) in [5.74, 6) is 0.0818. The molecule has 0 atom stereocenters. The molecule has 94 valence electrons. The lowest BCUT2D eigenvalue weighted by molar-refractivity contribution is -0.120. The Hall–Kier alpha value is -0.610. The number of carbonyl (C=O) groups excluding carboxylic acids is 1. The zero-order chi connectivity index (χ0) is 11.6. The molecule has 4 nitrogen and oxygen atoms in total. The fourth-order valence-electron chi connectivity index (χ4n) is 2.11. The lowest BCUT2D eigenvalue weighted by Crippen LogP contribution is -2.31. The molecule has 0 bridgehead atoms. The van der Waals surface area contributed by atoms with E-state index in [1.807, 2.05) is 0 Å². The van der Waals surface area contributed by atoms with Crippen molar-refractivity contribution in [3.8, 4) is 0 Å². The predicted molar refractivity (Wildman–Crippen MR) is 66.2 cm³/mol. The molecule has 4 heteroatoms. The zero-order valence-electron chi connectivity index (χ0n) is 10.2. The summed E-state index contributed by atoms with van der Waals surface area (Å²) in [6.45, 7) is 4.81. The van der Waals surface area contributed by atoms with Gasteiger partial charge >= 0.3 is 0 Å². The largest absolute Gasteiger partial charge is 0.356 e. The Balaban J connectivity index is 1.99. The van der Waals surface area contributed by atoms with Gasteiger partial charge < -0.3 is 16.0 Å². The SMILES string of the molecule is NCCC(=O)NCCCN1CCCCCC1. The lowest BCUT2D eigenvalue weighted by Gasteiger charge is -2.19. The molecule has 0 aliphatic carbocycles. The standard InChI is InChI=1S/C12H25N3O/c13-7-6-12(16)14-8-5-11-15-9-3-1-2-4-10-15/h1-11,13H2,(H,14,16). The summed E-state index contributed by atoms with van der Waals surface area (Å²) in [4.78, 5) is 13.7. The maximum Gasteiger partial charge on any atom is 0.221 e. The maximum atomic E-state index is 11.1. The lowest BCUT2D eigenvalue weighted by atomic mass is 10.2. The summed E-state index contributed by atoms with van der Waals surface area (Å²) in [6, 6.07) is 0. The van der Waals surface area contributed by atoms with Crippen molar-refractivity contribution in [1.29, 1.82) is 0 Å². The Kier molecular flexibility index (Phi) is 7.17. The van der Waals surface area contributed by atoms with Crippen molar-refractivity contribution in [2.24, 2.45) is 5.73 Å². The monoisotopic (exact) mass is 227 g/mol. The van der Waals surface area contributed by atoms with Crippen LogP contribution in [0.25, 0.3) is 0 Å². The highest BCUT2D eigenvalue weighted by molar-refractivity contribution is 5.75. The predicted octanol–water partition coefficient (Wildman–Crippen LogP) is 0.718. The fraction of sp³-hybridized carbons (Fsp3) is 0.917. The number of hydrogen-bond donors (Lipinski definition) is 2. The average Bonchev–Trinajstić information content (AvgIpc) is 2.53. The molecule has 0 saturated carbocycles. The fourth-order valence-corrected chi connectivity index (χ4v) is 2.11. The van der Waals surface area contributed by atoms with Crippen LogP contribution in [0.5, 0.6) is 0 Å². The third-order valence-corrected chi connectivity index (χ3v) is 3.04. The number of hydrogen-bond acceptors (Lipinski definition) is 3. The minimum Gasteiger partial charge on any atom is -0.356 e. The van der Waals surface area contributed by atoms with E-state index in [1.54, 1.807) is 0 Å². The first kappa shape index (κ1) is 13.5. The summed E-state index contributed by atoms with van der Waals surface area (Å²) in [7, 11) is 0. The minimum absolute atomic E-state index is 0.0818. The third-order valence-electron chi connectivity index (χ3n) is 3.04. The van der Waals surface area contributed by atoms with Gasteiger partial charge in [0.25, 0.3) is 0 Å². The molecule has 0 spiro atoms. The molecule has 1 saturated heterocycles. The van der Waals surface area contributed by atoms with E-state index in [1.165, 1.54) is 38.8 Å². The van der Waals surface area contributed by atoms with Gasteiger partial charge in [-0.25, -0.2) is 0 Å². The van der Waals surface area contributed by atoms with Crippen molar-refractivity contribution in [2.45, 2.75) is 38.5 Å². The first-order valence-electron chi connectivity index (χ1n) is 6.52. The molecule has 1 aliphatic rings. The molecule has 0 radical (unpaired) electrons. The van der Waals surface area contributed by atoms with Crippen LogP contribution in [0.3, 0.4) is 0 Å². The van der Waals surface area contributed by atoms with E-state index in [9.17, 15) is 4.79 Å². The van der Waals surface area contributed by atoms with Crippen LogP contribution in [0.2, 0.25) is 0 Å². The van der Waals surface area contributed by atoms with E-state index in [-0.39, 0.29) is 5.91 Å². The topological polar surface area (TPSA) is 58.4 Å². The van der Waals surface area contributed by atoms with Gasteiger partial charge in [0.1, 0.15) is 0 Å². The number of nitrogens with two attached hydrogens (primary N) is 1. The molecule has 0 unspecified atom stereocenters. The Morgan fingerprint density at radius 1 is 1.19 bits per heavy atom. The second-order valence-electron chi connectivity index (χ2n) is 4.50. The number of rotatable bonds is 6. The Bertz CT molecular complexity index is 189. The average molecular weight is 227 g/mol. The maximum absolute atomic E-state index is 11.1. The van der Waals surface area contributed by atoms with Crippen molar-refractivity contribution in [3.05, 3.63) is 0 Å². The van der Waals surface area contributed by atoms with Crippen LogP contribution in [0, 0.1) is 0 Å². The molecule has 1 amide bonds. The van der Waals surface area contributed by atoms with Gasteiger partial charge in [-0.05, 0) is 38.9 Å². The Morgan fingerprint density at radius 3 is 2.50 bits per heavy atom. The molecule has 1 fully saturated rings. The number of nitrogens with one attached hydrogen (secondary N) is 1. The van der Waals surface area contributed by atoms with Gasteiger partial charge in [0, 0.05) is 19.5 Å². The van der Waals surface area contributed by atoms with Gasteiger partial charge in [-0.15, -0.1) is 0 Å². The summed E-state index contributed by atoms with van der Waals surface area (Å²) in [6.07, 6.45) is 6.92. The summed E-state index contributed by atoms with van der Waals surface area (Å²) in [5.41, 5.74) is 5.30. The smallest absolute Gasteiger partial charge is 0.221 e.